The third-order valence-electron chi connectivity index (χ3n) is 3.49. The maximum Gasteiger partial charge on any atom is 0.346 e. The molecule has 1 atom stereocenters. The maximum atomic E-state index is 12.2. The summed E-state index contributed by atoms with van der Waals surface area (Å²) in [5.41, 5.74) is -0.124. The molecule has 6 nitrogen and oxygen atoms in total. The first kappa shape index (κ1) is 15.5. The van der Waals surface area contributed by atoms with Crippen LogP contribution < -0.4 is 5.56 Å². The van der Waals surface area contributed by atoms with E-state index in [1.807, 2.05) is 0 Å². The first-order valence-electron chi connectivity index (χ1n) is 7.11. The largest absolute Gasteiger partial charge is 0.450 e. The number of rotatable bonds is 4. The summed E-state index contributed by atoms with van der Waals surface area (Å²) in [6, 6.07) is 8.56. The van der Waals surface area contributed by atoms with Gasteiger partial charge in [0.2, 0.25) is 5.78 Å². The third kappa shape index (κ3) is 3.05. The van der Waals surface area contributed by atoms with Crippen molar-refractivity contribution in [3.8, 4) is 0 Å². The number of aromatic nitrogens is 2. The molecule has 1 aliphatic rings. The van der Waals surface area contributed by atoms with E-state index < -0.39 is 17.6 Å². The Morgan fingerprint density at radius 3 is 2.78 bits per heavy atom. The lowest BCUT2D eigenvalue weighted by Crippen LogP contribution is -2.31. The van der Waals surface area contributed by atoms with Crippen LogP contribution in [0.3, 0.4) is 0 Å². The number of carbonyl (C=O) groups excluding carboxylic acids is 2. The van der Waals surface area contributed by atoms with Crippen LogP contribution in [0, 0.1) is 0 Å². The van der Waals surface area contributed by atoms with Crippen molar-refractivity contribution in [2.75, 3.05) is 5.75 Å². The number of fused-ring (bicyclic) bond motifs is 1. The second kappa shape index (κ2) is 6.37. The molecule has 23 heavy (non-hydrogen) atoms. The Hall–Kier alpha value is -2.41. The molecule has 2 heterocycles. The highest BCUT2D eigenvalue weighted by Crippen LogP contribution is 2.20. The average Bonchev–Trinajstić information content (AvgIpc) is 3.04. The summed E-state index contributed by atoms with van der Waals surface area (Å²) in [4.78, 5) is 40.7. The summed E-state index contributed by atoms with van der Waals surface area (Å²) in [5.74, 6) is -0.390. The summed E-state index contributed by atoms with van der Waals surface area (Å²) >= 11 is 1.46. The van der Waals surface area contributed by atoms with Gasteiger partial charge in [-0.15, -0.1) is 0 Å². The van der Waals surface area contributed by atoms with Crippen molar-refractivity contribution >= 4 is 23.5 Å². The SMILES string of the molecule is C[C@H](OC(=O)c1cnc2n(c1=O)CCS2)C(=O)c1ccccc1. The van der Waals surface area contributed by atoms with Crippen molar-refractivity contribution in [2.45, 2.75) is 24.7 Å². The molecule has 0 spiro atoms. The molecule has 3 rings (SSSR count). The Bertz CT molecular complexity index is 817. The fourth-order valence-electron chi connectivity index (χ4n) is 2.27. The number of esters is 1. The first-order valence-corrected chi connectivity index (χ1v) is 8.09. The van der Waals surface area contributed by atoms with Gasteiger partial charge in [-0.3, -0.25) is 14.2 Å². The fraction of sp³-hybridized carbons (Fsp3) is 0.250. The molecule has 0 amide bonds. The molecule has 1 aromatic heterocycles. The van der Waals surface area contributed by atoms with Gasteiger partial charge in [0.25, 0.3) is 5.56 Å². The summed E-state index contributed by atoms with van der Waals surface area (Å²) in [6.45, 7) is 2.01. The Labute approximate surface area is 136 Å². The number of ether oxygens (including phenoxy) is 1. The number of benzene rings is 1. The second-order valence-electron chi connectivity index (χ2n) is 5.04. The van der Waals surface area contributed by atoms with Gasteiger partial charge >= 0.3 is 5.97 Å². The van der Waals surface area contributed by atoms with E-state index in [9.17, 15) is 14.4 Å². The van der Waals surface area contributed by atoms with Gasteiger partial charge < -0.3 is 4.74 Å². The number of hydrogen-bond donors (Lipinski definition) is 0. The Morgan fingerprint density at radius 2 is 2.04 bits per heavy atom. The minimum Gasteiger partial charge on any atom is -0.450 e. The summed E-state index contributed by atoms with van der Waals surface area (Å²) in [6.07, 6.45) is 0.242. The average molecular weight is 330 g/mol. The van der Waals surface area contributed by atoms with Crippen LogP contribution in [-0.2, 0) is 11.3 Å². The molecule has 0 saturated carbocycles. The lowest BCUT2D eigenvalue weighted by Gasteiger charge is -2.12. The monoisotopic (exact) mass is 330 g/mol. The van der Waals surface area contributed by atoms with Crippen molar-refractivity contribution in [3.05, 3.63) is 58.0 Å². The van der Waals surface area contributed by atoms with Crippen LogP contribution in [0.5, 0.6) is 0 Å². The molecule has 2 aromatic rings. The van der Waals surface area contributed by atoms with Crippen molar-refractivity contribution in [3.63, 3.8) is 0 Å². The number of ketones is 1. The van der Waals surface area contributed by atoms with Crippen LogP contribution in [0.2, 0.25) is 0 Å². The molecule has 0 radical (unpaired) electrons. The van der Waals surface area contributed by atoms with Gasteiger partial charge in [-0.25, -0.2) is 9.78 Å². The zero-order valence-corrected chi connectivity index (χ0v) is 13.2. The van der Waals surface area contributed by atoms with E-state index >= 15 is 0 Å². The lowest BCUT2D eigenvalue weighted by atomic mass is 10.1. The zero-order valence-electron chi connectivity index (χ0n) is 12.4. The molecule has 0 fully saturated rings. The van der Waals surface area contributed by atoms with Gasteiger partial charge in [0.15, 0.2) is 11.3 Å². The highest BCUT2D eigenvalue weighted by atomic mass is 32.2. The van der Waals surface area contributed by atoms with E-state index in [1.54, 1.807) is 30.3 Å². The van der Waals surface area contributed by atoms with Crippen LogP contribution in [0.1, 0.15) is 27.6 Å². The van der Waals surface area contributed by atoms with Crippen LogP contribution >= 0.6 is 11.8 Å². The van der Waals surface area contributed by atoms with Crippen molar-refractivity contribution in [1.82, 2.24) is 9.55 Å². The van der Waals surface area contributed by atoms with Crippen molar-refractivity contribution in [2.24, 2.45) is 0 Å². The molecule has 7 heteroatoms. The fourth-order valence-corrected chi connectivity index (χ4v) is 3.19. The second-order valence-corrected chi connectivity index (χ2v) is 6.10. The molecule has 0 saturated heterocycles. The van der Waals surface area contributed by atoms with E-state index in [2.05, 4.69) is 4.98 Å². The minimum atomic E-state index is -0.975. The van der Waals surface area contributed by atoms with Gasteiger partial charge in [-0.2, -0.15) is 0 Å². The number of Topliss-reactive ketones (excluding diaryl/α,β-unsaturated/α-hetero) is 1. The van der Waals surface area contributed by atoms with Crippen LogP contribution in [0.15, 0.2) is 46.5 Å². The van der Waals surface area contributed by atoms with E-state index in [4.69, 9.17) is 4.74 Å². The normalized spacial score (nSPS) is 14.1. The lowest BCUT2D eigenvalue weighted by molar-refractivity contribution is 0.0315. The number of thioether (sulfide) groups is 1. The van der Waals surface area contributed by atoms with E-state index in [0.717, 1.165) is 5.75 Å². The zero-order chi connectivity index (χ0) is 16.4. The van der Waals surface area contributed by atoms with Crippen molar-refractivity contribution in [1.29, 1.82) is 0 Å². The Kier molecular flexibility index (Phi) is 4.29. The number of hydrogen-bond acceptors (Lipinski definition) is 6. The van der Waals surface area contributed by atoms with Gasteiger partial charge in [-0.1, -0.05) is 42.1 Å². The molecule has 1 aromatic carbocycles. The van der Waals surface area contributed by atoms with E-state index in [-0.39, 0.29) is 11.3 Å². The molecule has 0 bridgehead atoms. The Balaban J connectivity index is 1.77. The highest BCUT2D eigenvalue weighted by molar-refractivity contribution is 7.99. The molecule has 0 N–H and O–H groups in total. The first-order chi connectivity index (χ1) is 11.1. The van der Waals surface area contributed by atoms with Crippen LogP contribution in [0.25, 0.3) is 0 Å². The molecule has 118 valence electrons. The topological polar surface area (TPSA) is 78.3 Å². The van der Waals surface area contributed by atoms with Crippen LogP contribution in [-0.4, -0.2) is 33.2 Å². The van der Waals surface area contributed by atoms with E-state index in [1.165, 1.54) is 29.4 Å². The summed E-state index contributed by atoms with van der Waals surface area (Å²) < 4.78 is 6.59. The van der Waals surface area contributed by atoms with Crippen molar-refractivity contribution < 1.29 is 14.3 Å². The molecular weight excluding hydrogens is 316 g/mol. The number of carbonyl (C=O) groups is 2. The van der Waals surface area contributed by atoms with E-state index in [0.29, 0.717) is 17.3 Å². The summed E-state index contributed by atoms with van der Waals surface area (Å²) in [7, 11) is 0. The van der Waals surface area contributed by atoms with Crippen LogP contribution in [0.4, 0.5) is 0 Å². The third-order valence-corrected chi connectivity index (χ3v) is 4.46. The highest BCUT2D eigenvalue weighted by Gasteiger charge is 2.24. The molecular formula is C16H14N2O4S. The van der Waals surface area contributed by atoms with Gasteiger partial charge in [0, 0.05) is 17.9 Å². The van der Waals surface area contributed by atoms with Gasteiger partial charge in [0.05, 0.1) is 6.20 Å². The molecule has 1 aliphatic heterocycles. The molecule has 0 aliphatic carbocycles. The quantitative estimate of drug-likeness (QED) is 0.483. The maximum absolute atomic E-state index is 12.2. The van der Waals surface area contributed by atoms with Gasteiger partial charge in [-0.05, 0) is 6.92 Å². The number of nitrogens with zero attached hydrogens (tertiary/aromatic N) is 2. The standard InChI is InChI=1S/C16H14N2O4S/c1-10(13(19)11-5-3-2-4-6-11)22-15(21)12-9-17-16-18(14(12)20)7-8-23-16/h2-6,9-10H,7-8H2,1H3/t10-/m0/s1. The smallest absolute Gasteiger partial charge is 0.346 e. The predicted molar refractivity (Wildman–Crippen MR) is 84.9 cm³/mol. The molecule has 0 unspecified atom stereocenters. The minimum absolute atomic E-state index is 0.149. The van der Waals surface area contributed by atoms with Gasteiger partial charge in [0.1, 0.15) is 5.56 Å². The summed E-state index contributed by atoms with van der Waals surface area (Å²) in [5, 5.41) is 0.597. The Morgan fingerprint density at radius 1 is 1.30 bits per heavy atom. The predicted octanol–water partition coefficient (Wildman–Crippen LogP) is 1.78.